The van der Waals surface area contributed by atoms with Gasteiger partial charge >= 0.3 is 0 Å². The number of carbonyl (C=O) groups is 1. The molecule has 2 aliphatic heterocycles. The number of benzene rings is 1. The number of pyridine rings is 1. The summed E-state index contributed by atoms with van der Waals surface area (Å²) >= 11 is 6.12. The van der Waals surface area contributed by atoms with E-state index >= 15 is 0 Å². The molecule has 3 heterocycles. The maximum absolute atomic E-state index is 12.3. The van der Waals surface area contributed by atoms with E-state index in [9.17, 15) is 4.79 Å². The smallest absolute Gasteiger partial charge is 0.270 e. The van der Waals surface area contributed by atoms with Crippen LogP contribution in [0.5, 0.6) is 0 Å². The van der Waals surface area contributed by atoms with Crippen LogP contribution in [0.25, 0.3) is 0 Å². The average Bonchev–Trinajstić information content (AvgIpc) is 3.16. The fraction of sp³-hybridized carbons (Fsp3) is 0.400. The van der Waals surface area contributed by atoms with Crippen LogP contribution in [-0.4, -0.2) is 43.0 Å². The molecule has 0 radical (unpaired) electrons. The molecule has 1 aromatic carbocycles. The predicted octanol–water partition coefficient (Wildman–Crippen LogP) is 3.01. The van der Waals surface area contributed by atoms with E-state index in [1.165, 1.54) is 0 Å². The van der Waals surface area contributed by atoms with Gasteiger partial charge in [-0.25, -0.2) is 4.98 Å². The second-order valence-electron chi connectivity index (χ2n) is 6.77. The molecular formula is C20H22ClN3O3. The lowest BCUT2D eigenvalue weighted by atomic mass is 10.0. The Balaban J connectivity index is 1.33. The second kappa shape index (κ2) is 7.84. The first-order chi connectivity index (χ1) is 13.2. The van der Waals surface area contributed by atoms with Gasteiger partial charge in [0.15, 0.2) is 5.79 Å². The lowest BCUT2D eigenvalue weighted by Crippen LogP contribution is -2.45. The Morgan fingerprint density at radius 2 is 1.89 bits per heavy atom. The van der Waals surface area contributed by atoms with E-state index in [0.717, 1.165) is 37.2 Å². The largest absolute Gasteiger partial charge is 0.370 e. The number of ether oxygens (including phenoxy) is 2. The van der Waals surface area contributed by atoms with E-state index < -0.39 is 0 Å². The summed E-state index contributed by atoms with van der Waals surface area (Å²) in [5, 5.41) is 3.49. The summed E-state index contributed by atoms with van der Waals surface area (Å²) < 4.78 is 11.5. The van der Waals surface area contributed by atoms with Gasteiger partial charge in [-0.1, -0.05) is 29.8 Å². The molecule has 0 aliphatic carbocycles. The van der Waals surface area contributed by atoms with Crippen LogP contribution >= 0.6 is 11.6 Å². The van der Waals surface area contributed by atoms with Crippen molar-refractivity contribution in [1.29, 1.82) is 0 Å². The van der Waals surface area contributed by atoms with Gasteiger partial charge in [-0.15, -0.1) is 0 Å². The highest BCUT2D eigenvalue weighted by molar-refractivity contribution is 6.31. The van der Waals surface area contributed by atoms with Crippen molar-refractivity contribution in [3.63, 3.8) is 0 Å². The Bertz CT molecular complexity index is 796. The monoisotopic (exact) mass is 387 g/mol. The zero-order valence-electron chi connectivity index (χ0n) is 15.0. The van der Waals surface area contributed by atoms with Crippen molar-refractivity contribution in [3.05, 3.63) is 58.9 Å². The molecule has 27 heavy (non-hydrogen) atoms. The number of hydrogen-bond acceptors (Lipinski definition) is 5. The molecule has 2 aliphatic rings. The molecule has 0 saturated carbocycles. The number of aromatic nitrogens is 1. The topological polar surface area (TPSA) is 63.7 Å². The van der Waals surface area contributed by atoms with E-state index in [-0.39, 0.29) is 11.7 Å². The zero-order valence-corrected chi connectivity index (χ0v) is 15.7. The molecule has 1 aromatic heterocycles. The fourth-order valence-electron chi connectivity index (χ4n) is 3.51. The Morgan fingerprint density at radius 1 is 1.15 bits per heavy atom. The van der Waals surface area contributed by atoms with Crippen molar-refractivity contribution in [2.45, 2.75) is 25.2 Å². The van der Waals surface area contributed by atoms with Crippen molar-refractivity contribution in [3.8, 4) is 0 Å². The summed E-state index contributed by atoms with van der Waals surface area (Å²) in [6.45, 7) is 3.43. The average molecular weight is 388 g/mol. The van der Waals surface area contributed by atoms with Gasteiger partial charge in [0, 0.05) is 37.5 Å². The van der Waals surface area contributed by atoms with Crippen LogP contribution in [0.2, 0.25) is 5.02 Å². The maximum Gasteiger partial charge on any atom is 0.270 e. The number of anilines is 1. The van der Waals surface area contributed by atoms with Gasteiger partial charge in [0.05, 0.1) is 25.1 Å². The van der Waals surface area contributed by atoms with E-state index in [0.29, 0.717) is 30.5 Å². The van der Waals surface area contributed by atoms with Crippen molar-refractivity contribution < 1.29 is 14.3 Å². The molecule has 2 aromatic rings. The maximum atomic E-state index is 12.3. The molecule has 2 fully saturated rings. The number of amides is 1. The molecule has 0 unspecified atom stereocenters. The Labute approximate surface area is 163 Å². The highest BCUT2D eigenvalue weighted by atomic mass is 35.5. The number of nitrogens with zero attached hydrogens (tertiary/aromatic N) is 2. The summed E-state index contributed by atoms with van der Waals surface area (Å²) in [7, 11) is 0. The summed E-state index contributed by atoms with van der Waals surface area (Å²) in [6.07, 6.45) is 3.43. The second-order valence-corrected chi connectivity index (χ2v) is 7.18. The van der Waals surface area contributed by atoms with E-state index in [4.69, 9.17) is 21.1 Å². The molecule has 0 atom stereocenters. The first-order valence-corrected chi connectivity index (χ1v) is 9.54. The van der Waals surface area contributed by atoms with Crippen LogP contribution in [0, 0.1) is 0 Å². The minimum absolute atomic E-state index is 0.216. The number of halogens is 1. The van der Waals surface area contributed by atoms with Crippen LogP contribution in [0.3, 0.4) is 0 Å². The molecular weight excluding hydrogens is 366 g/mol. The van der Waals surface area contributed by atoms with E-state index in [2.05, 4.69) is 15.2 Å². The molecule has 4 rings (SSSR count). The lowest BCUT2D eigenvalue weighted by Gasteiger charge is -2.38. The molecule has 0 bridgehead atoms. The van der Waals surface area contributed by atoms with Crippen molar-refractivity contribution in [2.24, 2.45) is 0 Å². The van der Waals surface area contributed by atoms with Crippen LogP contribution in [0.1, 0.15) is 28.9 Å². The molecule has 7 heteroatoms. The van der Waals surface area contributed by atoms with Crippen LogP contribution < -0.4 is 10.2 Å². The third-order valence-corrected chi connectivity index (χ3v) is 5.45. The Morgan fingerprint density at radius 3 is 2.56 bits per heavy atom. The van der Waals surface area contributed by atoms with Gasteiger partial charge < -0.3 is 19.7 Å². The standard InChI is InChI=1S/C20H22ClN3O3/c21-17-4-2-1-3-15(17)13-23-19(25)18-6-5-16(14-22-18)24-9-7-20(8-10-24)26-11-12-27-20/h1-6,14H,7-13H2,(H,23,25). The molecule has 2 saturated heterocycles. The summed E-state index contributed by atoms with van der Waals surface area (Å²) in [5.41, 5.74) is 2.27. The highest BCUT2D eigenvalue weighted by Gasteiger charge is 2.39. The van der Waals surface area contributed by atoms with Crippen molar-refractivity contribution in [1.82, 2.24) is 10.3 Å². The molecule has 142 valence electrons. The van der Waals surface area contributed by atoms with Crippen molar-refractivity contribution >= 4 is 23.2 Å². The lowest BCUT2D eigenvalue weighted by molar-refractivity contribution is -0.169. The van der Waals surface area contributed by atoms with Crippen LogP contribution in [-0.2, 0) is 16.0 Å². The van der Waals surface area contributed by atoms with Gasteiger partial charge in [0.1, 0.15) is 5.69 Å². The number of nitrogens with one attached hydrogen (secondary N) is 1. The summed E-state index contributed by atoms with van der Waals surface area (Å²) in [5.74, 6) is -0.602. The fourth-order valence-corrected chi connectivity index (χ4v) is 3.71. The Kier molecular flexibility index (Phi) is 5.29. The molecule has 1 spiro atoms. The van der Waals surface area contributed by atoms with E-state index in [1.54, 1.807) is 18.3 Å². The number of piperidine rings is 1. The predicted molar refractivity (Wildman–Crippen MR) is 103 cm³/mol. The minimum Gasteiger partial charge on any atom is -0.370 e. The SMILES string of the molecule is O=C(NCc1ccccc1Cl)c1ccc(N2CCC3(CC2)OCCO3)cn1. The minimum atomic E-state index is -0.386. The third-order valence-electron chi connectivity index (χ3n) is 5.08. The highest BCUT2D eigenvalue weighted by Crippen LogP contribution is 2.32. The Hall–Kier alpha value is -2.15. The van der Waals surface area contributed by atoms with Gasteiger partial charge in [-0.2, -0.15) is 0 Å². The zero-order chi connectivity index (χ0) is 18.7. The first-order valence-electron chi connectivity index (χ1n) is 9.16. The van der Waals surface area contributed by atoms with E-state index in [1.807, 2.05) is 24.3 Å². The van der Waals surface area contributed by atoms with Crippen molar-refractivity contribution in [2.75, 3.05) is 31.2 Å². The number of rotatable bonds is 4. The van der Waals surface area contributed by atoms with Gasteiger partial charge in [-0.3, -0.25) is 4.79 Å². The van der Waals surface area contributed by atoms with Gasteiger partial charge in [0.2, 0.25) is 0 Å². The number of carbonyl (C=O) groups excluding carboxylic acids is 1. The first kappa shape index (κ1) is 18.2. The summed E-state index contributed by atoms with van der Waals surface area (Å²) in [4.78, 5) is 18.9. The van der Waals surface area contributed by atoms with Gasteiger partial charge in [-0.05, 0) is 23.8 Å². The van der Waals surface area contributed by atoms with Crippen LogP contribution in [0.15, 0.2) is 42.6 Å². The molecule has 1 N–H and O–H groups in total. The molecule has 6 nitrogen and oxygen atoms in total. The van der Waals surface area contributed by atoms with Crippen LogP contribution in [0.4, 0.5) is 5.69 Å². The molecule has 1 amide bonds. The third kappa shape index (κ3) is 4.08. The summed E-state index contributed by atoms with van der Waals surface area (Å²) in [6, 6.07) is 11.1. The quantitative estimate of drug-likeness (QED) is 0.873. The number of hydrogen-bond donors (Lipinski definition) is 1. The normalized spacial score (nSPS) is 18.6. The van der Waals surface area contributed by atoms with Gasteiger partial charge in [0.25, 0.3) is 5.91 Å².